The maximum atomic E-state index is 12.2. The van der Waals surface area contributed by atoms with Crippen molar-refractivity contribution in [3.63, 3.8) is 0 Å². The second-order valence-corrected chi connectivity index (χ2v) is 6.07. The molecule has 0 N–H and O–H groups in total. The third-order valence-corrected chi connectivity index (χ3v) is 3.59. The first-order valence-electron chi connectivity index (χ1n) is 7.66. The maximum Gasteiger partial charge on any atom is 0.289 e. The fourth-order valence-electron chi connectivity index (χ4n) is 2.24. The highest BCUT2D eigenvalue weighted by Crippen LogP contribution is 2.11. The van der Waals surface area contributed by atoms with E-state index >= 15 is 0 Å². The summed E-state index contributed by atoms with van der Waals surface area (Å²) >= 11 is 0. The third-order valence-electron chi connectivity index (χ3n) is 3.59. The fourth-order valence-corrected chi connectivity index (χ4v) is 2.24. The number of nitrogens with zero attached hydrogens (tertiary/aromatic N) is 3. The Kier molecular flexibility index (Phi) is 6.78. The molecule has 1 aromatic rings. The molecule has 22 heavy (non-hydrogen) atoms. The highest BCUT2D eigenvalue weighted by Gasteiger charge is 2.09. The summed E-state index contributed by atoms with van der Waals surface area (Å²) in [4.78, 5) is 12.2. The van der Waals surface area contributed by atoms with Crippen molar-refractivity contribution in [2.75, 3.05) is 0 Å². The van der Waals surface area contributed by atoms with Gasteiger partial charge in [0, 0.05) is 11.9 Å². The van der Waals surface area contributed by atoms with Crippen molar-refractivity contribution >= 4 is 6.21 Å². The molecule has 4 heteroatoms. The van der Waals surface area contributed by atoms with E-state index in [1.807, 2.05) is 19.1 Å². The minimum absolute atomic E-state index is 0.166. The molecule has 1 rings (SSSR count). The molecule has 0 spiro atoms. The van der Waals surface area contributed by atoms with Crippen molar-refractivity contribution in [1.29, 1.82) is 5.26 Å². The Balaban J connectivity index is 2.78. The lowest BCUT2D eigenvalue weighted by atomic mass is 10.0. The first kappa shape index (κ1) is 17.9. The van der Waals surface area contributed by atoms with Crippen LogP contribution < -0.4 is 5.56 Å². The van der Waals surface area contributed by atoms with Crippen molar-refractivity contribution in [3.05, 3.63) is 44.9 Å². The fraction of sp³-hybridized carbons (Fsp3) is 0.500. The monoisotopic (exact) mass is 299 g/mol. The van der Waals surface area contributed by atoms with Crippen LogP contribution in [0.3, 0.4) is 0 Å². The van der Waals surface area contributed by atoms with E-state index in [1.54, 1.807) is 13.1 Å². The van der Waals surface area contributed by atoms with Gasteiger partial charge in [-0.1, -0.05) is 18.6 Å². The largest absolute Gasteiger partial charge is 0.289 e. The van der Waals surface area contributed by atoms with Gasteiger partial charge in [0.25, 0.3) is 5.56 Å². The molecule has 0 aliphatic rings. The second kappa shape index (κ2) is 8.33. The number of hydrogen-bond donors (Lipinski definition) is 0. The second-order valence-electron chi connectivity index (χ2n) is 6.07. The van der Waals surface area contributed by atoms with Gasteiger partial charge in [0.2, 0.25) is 0 Å². The van der Waals surface area contributed by atoms with Crippen molar-refractivity contribution < 1.29 is 0 Å². The van der Waals surface area contributed by atoms with Crippen molar-refractivity contribution in [2.24, 2.45) is 11.0 Å². The number of aromatic nitrogens is 1. The van der Waals surface area contributed by atoms with Crippen LogP contribution >= 0.6 is 0 Å². The topological polar surface area (TPSA) is 58.1 Å². The Hall–Kier alpha value is -2.15. The van der Waals surface area contributed by atoms with E-state index in [0.717, 1.165) is 25.0 Å². The van der Waals surface area contributed by atoms with Crippen molar-refractivity contribution in [3.8, 4) is 6.07 Å². The highest BCUT2D eigenvalue weighted by molar-refractivity contribution is 5.57. The Morgan fingerprint density at radius 1 is 1.45 bits per heavy atom. The smallest absolute Gasteiger partial charge is 0.266 e. The molecule has 4 nitrogen and oxygen atoms in total. The van der Waals surface area contributed by atoms with Crippen molar-refractivity contribution in [2.45, 2.75) is 53.9 Å². The summed E-state index contributed by atoms with van der Waals surface area (Å²) in [5, 5.41) is 13.3. The molecule has 0 fully saturated rings. The molecule has 0 aliphatic heterocycles. The lowest BCUT2D eigenvalue weighted by molar-refractivity contribution is 0.561. The van der Waals surface area contributed by atoms with E-state index in [4.69, 9.17) is 5.26 Å². The van der Waals surface area contributed by atoms with Crippen LogP contribution in [-0.2, 0) is 0 Å². The molecule has 0 aromatic carbocycles. The minimum Gasteiger partial charge on any atom is -0.266 e. The molecule has 0 aliphatic carbocycles. The lowest BCUT2D eigenvalue weighted by Gasteiger charge is -2.08. The van der Waals surface area contributed by atoms with E-state index < -0.39 is 0 Å². The van der Waals surface area contributed by atoms with Crippen LogP contribution in [0.5, 0.6) is 0 Å². The molecule has 0 amide bonds. The number of hydrogen-bond acceptors (Lipinski definition) is 3. The Morgan fingerprint density at radius 2 is 2.14 bits per heavy atom. The Morgan fingerprint density at radius 3 is 2.73 bits per heavy atom. The lowest BCUT2D eigenvalue weighted by Crippen LogP contribution is -2.22. The summed E-state index contributed by atoms with van der Waals surface area (Å²) in [7, 11) is 0. The summed E-state index contributed by atoms with van der Waals surface area (Å²) < 4.78 is 1.31. The number of pyridine rings is 1. The quantitative estimate of drug-likeness (QED) is 0.590. The van der Waals surface area contributed by atoms with Gasteiger partial charge in [-0.15, -0.1) is 0 Å². The molecule has 0 saturated carbocycles. The van der Waals surface area contributed by atoms with Gasteiger partial charge < -0.3 is 0 Å². The van der Waals surface area contributed by atoms with E-state index in [0.29, 0.717) is 11.5 Å². The van der Waals surface area contributed by atoms with Crippen LogP contribution in [0.25, 0.3) is 0 Å². The standard InChI is InChI=1S/C18H25N3O/c1-13(2)7-6-8-14(3)9-10-20-21-16(5)11-15(4)17(12-19)18(21)22/h7,10-11,14H,6,8-9H2,1-5H3/b20-10-/t14-/m0/s1. The Labute approximate surface area is 132 Å². The summed E-state index contributed by atoms with van der Waals surface area (Å²) in [6.45, 7) is 9.98. The van der Waals surface area contributed by atoms with Gasteiger partial charge in [-0.3, -0.25) is 4.79 Å². The summed E-state index contributed by atoms with van der Waals surface area (Å²) in [6, 6.07) is 3.77. The van der Waals surface area contributed by atoms with Gasteiger partial charge in [-0.2, -0.15) is 10.4 Å². The van der Waals surface area contributed by atoms with Crippen LogP contribution in [0.15, 0.2) is 27.6 Å². The number of aryl methyl sites for hydroxylation is 2. The highest BCUT2D eigenvalue weighted by atomic mass is 16.1. The molecule has 1 aromatic heterocycles. The number of nitriles is 1. The van der Waals surface area contributed by atoms with E-state index in [9.17, 15) is 4.79 Å². The van der Waals surface area contributed by atoms with Gasteiger partial charge in [-0.05, 0) is 64.5 Å². The van der Waals surface area contributed by atoms with Crippen LogP contribution in [0.4, 0.5) is 0 Å². The average Bonchev–Trinajstić information content (AvgIpc) is 2.42. The Bertz CT molecular complexity index is 671. The molecule has 1 atom stereocenters. The molecule has 118 valence electrons. The molecule has 0 radical (unpaired) electrons. The first-order chi connectivity index (χ1) is 10.4. The predicted molar refractivity (Wildman–Crippen MR) is 91.2 cm³/mol. The molecular weight excluding hydrogens is 274 g/mol. The minimum atomic E-state index is -0.339. The summed E-state index contributed by atoms with van der Waals surface area (Å²) in [6.07, 6.45) is 7.00. The van der Waals surface area contributed by atoms with Crippen LogP contribution in [-0.4, -0.2) is 10.9 Å². The molecule has 0 bridgehead atoms. The zero-order chi connectivity index (χ0) is 16.7. The van der Waals surface area contributed by atoms with Gasteiger partial charge in [-0.25, -0.2) is 4.68 Å². The van der Waals surface area contributed by atoms with Crippen LogP contribution in [0.2, 0.25) is 0 Å². The molecule has 0 unspecified atom stereocenters. The third kappa shape index (κ3) is 5.00. The van der Waals surface area contributed by atoms with Crippen molar-refractivity contribution in [1.82, 2.24) is 4.68 Å². The zero-order valence-corrected chi connectivity index (χ0v) is 14.2. The van der Waals surface area contributed by atoms with Crippen LogP contribution in [0, 0.1) is 31.1 Å². The number of rotatable bonds is 6. The molecule has 1 heterocycles. The van der Waals surface area contributed by atoms with Crippen LogP contribution in [0.1, 0.15) is 56.9 Å². The SMILES string of the molecule is CC(C)=CCC[C@H](C)C/C=N\n1c(C)cc(C)c(C#N)c1=O. The average molecular weight is 299 g/mol. The molecular formula is C18H25N3O. The van der Waals surface area contributed by atoms with E-state index in [-0.39, 0.29) is 11.1 Å². The van der Waals surface area contributed by atoms with Gasteiger partial charge in [0.15, 0.2) is 0 Å². The normalized spacial score (nSPS) is 12.2. The van der Waals surface area contributed by atoms with Gasteiger partial charge in [0.05, 0.1) is 0 Å². The summed E-state index contributed by atoms with van der Waals surface area (Å²) in [5.74, 6) is 0.510. The first-order valence-corrected chi connectivity index (χ1v) is 7.66. The van der Waals surface area contributed by atoms with Gasteiger partial charge in [0.1, 0.15) is 11.6 Å². The predicted octanol–water partition coefficient (Wildman–Crippen LogP) is 3.94. The summed E-state index contributed by atoms with van der Waals surface area (Å²) in [5.41, 5.74) is 2.61. The zero-order valence-electron chi connectivity index (χ0n) is 14.2. The molecule has 0 saturated heterocycles. The van der Waals surface area contributed by atoms with Gasteiger partial charge >= 0.3 is 0 Å². The van der Waals surface area contributed by atoms with E-state index in [1.165, 1.54) is 10.2 Å². The maximum absolute atomic E-state index is 12.2. The van der Waals surface area contributed by atoms with E-state index in [2.05, 4.69) is 31.9 Å². The number of allylic oxidation sites excluding steroid dienone is 2.